The molecule has 0 spiro atoms. The number of amides is 1. The van der Waals surface area contributed by atoms with E-state index in [9.17, 15) is 18.4 Å². The summed E-state index contributed by atoms with van der Waals surface area (Å²) < 4.78 is 33.1. The Morgan fingerprint density at radius 2 is 2.04 bits per heavy atom. The monoisotopic (exact) mass is 375 g/mol. The molecule has 2 heterocycles. The highest BCUT2D eigenvalue weighted by Crippen LogP contribution is 2.20. The number of esters is 1. The highest BCUT2D eigenvalue weighted by Gasteiger charge is 2.21. The van der Waals surface area contributed by atoms with E-state index in [0.717, 1.165) is 18.2 Å². The summed E-state index contributed by atoms with van der Waals surface area (Å²) in [6.07, 6.45) is 2.61. The number of hydrogen-bond acceptors (Lipinski definition) is 6. The van der Waals surface area contributed by atoms with Crippen LogP contribution in [0.25, 0.3) is 5.78 Å². The van der Waals surface area contributed by atoms with Crippen LogP contribution in [0.4, 0.5) is 14.5 Å². The van der Waals surface area contributed by atoms with E-state index in [0.29, 0.717) is 11.5 Å². The Bertz CT molecular complexity index is 1020. The van der Waals surface area contributed by atoms with Gasteiger partial charge in [0.05, 0.1) is 16.9 Å². The van der Waals surface area contributed by atoms with Gasteiger partial charge in [-0.1, -0.05) is 13.8 Å². The zero-order chi connectivity index (χ0) is 19.6. The average Bonchev–Trinajstić information content (AvgIpc) is 3.10. The predicted molar refractivity (Wildman–Crippen MR) is 90.1 cm³/mol. The molecule has 2 aromatic heterocycles. The molecule has 0 atom stereocenters. The van der Waals surface area contributed by atoms with Gasteiger partial charge < -0.3 is 10.1 Å². The molecule has 8 nitrogen and oxygen atoms in total. The fourth-order valence-electron chi connectivity index (χ4n) is 2.50. The van der Waals surface area contributed by atoms with Gasteiger partial charge in [0, 0.05) is 12.3 Å². The minimum atomic E-state index is -0.811. The van der Waals surface area contributed by atoms with Gasteiger partial charge in [-0.05, 0) is 18.1 Å². The normalized spacial score (nSPS) is 11.0. The fraction of sp³-hybridized carbons (Fsp3) is 0.235. The van der Waals surface area contributed by atoms with Gasteiger partial charge in [-0.15, -0.1) is 0 Å². The molecule has 0 aliphatic carbocycles. The lowest BCUT2D eigenvalue weighted by Gasteiger charge is -2.13. The quantitative estimate of drug-likeness (QED) is 0.687. The molecule has 0 fully saturated rings. The van der Waals surface area contributed by atoms with Gasteiger partial charge in [-0.25, -0.2) is 23.1 Å². The van der Waals surface area contributed by atoms with Gasteiger partial charge in [0.2, 0.25) is 0 Å². The molecular weight excluding hydrogens is 360 g/mol. The number of rotatable bonds is 5. The van der Waals surface area contributed by atoms with Crippen molar-refractivity contribution < 1.29 is 23.1 Å². The van der Waals surface area contributed by atoms with Crippen molar-refractivity contribution in [1.82, 2.24) is 19.6 Å². The standard InChI is InChI=1S/C17H15F2N5O3/c1-9(2)15-11(6-20-17-21-8-22-24(15)17)16(26)27-7-14(25)23-13-5-10(18)3-4-12(13)19/h3-6,8-9H,7H2,1-2H3,(H,23,25). The van der Waals surface area contributed by atoms with Gasteiger partial charge in [-0.2, -0.15) is 10.1 Å². The number of fused-ring (bicyclic) bond motifs is 1. The SMILES string of the molecule is CC(C)c1c(C(=O)OCC(=O)Nc2cc(F)ccc2F)cnc2ncnn12. The summed E-state index contributed by atoms with van der Waals surface area (Å²) >= 11 is 0. The summed E-state index contributed by atoms with van der Waals surface area (Å²) in [7, 11) is 0. The van der Waals surface area contributed by atoms with Gasteiger partial charge in [-0.3, -0.25) is 4.79 Å². The first kappa shape index (κ1) is 18.4. The van der Waals surface area contributed by atoms with Crippen LogP contribution in [-0.4, -0.2) is 38.1 Å². The lowest BCUT2D eigenvalue weighted by molar-refractivity contribution is -0.119. The van der Waals surface area contributed by atoms with Crippen LogP contribution < -0.4 is 5.32 Å². The highest BCUT2D eigenvalue weighted by molar-refractivity contribution is 5.96. The number of carbonyl (C=O) groups is 2. The van der Waals surface area contributed by atoms with Crippen LogP contribution in [0.15, 0.2) is 30.7 Å². The Hall–Kier alpha value is -3.43. The molecule has 1 N–H and O–H groups in total. The molecule has 140 valence electrons. The fourth-order valence-corrected chi connectivity index (χ4v) is 2.50. The van der Waals surface area contributed by atoms with Crippen molar-refractivity contribution in [3.05, 3.63) is 53.6 Å². The van der Waals surface area contributed by atoms with E-state index < -0.39 is 30.1 Å². The summed E-state index contributed by atoms with van der Waals surface area (Å²) in [4.78, 5) is 32.2. The number of carbonyl (C=O) groups excluding carboxylic acids is 2. The van der Waals surface area contributed by atoms with E-state index >= 15 is 0 Å². The highest BCUT2D eigenvalue weighted by atomic mass is 19.1. The van der Waals surface area contributed by atoms with Crippen LogP contribution in [0.5, 0.6) is 0 Å². The van der Waals surface area contributed by atoms with Gasteiger partial charge in [0.25, 0.3) is 11.7 Å². The Kier molecular flexibility index (Phi) is 5.06. The van der Waals surface area contributed by atoms with Crippen molar-refractivity contribution in [2.24, 2.45) is 0 Å². The Balaban J connectivity index is 1.72. The number of hydrogen-bond donors (Lipinski definition) is 1. The van der Waals surface area contributed by atoms with Crippen molar-refractivity contribution in [1.29, 1.82) is 0 Å². The summed E-state index contributed by atoms with van der Waals surface area (Å²) in [5.74, 6) is -2.90. The van der Waals surface area contributed by atoms with Crippen LogP contribution in [0, 0.1) is 11.6 Å². The second kappa shape index (κ2) is 7.44. The molecule has 27 heavy (non-hydrogen) atoms. The molecule has 0 radical (unpaired) electrons. The zero-order valence-corrected chi connectivity index (χ0v) is 14.4. The van der Waals surface area contributed by atoms with Crippen LogP contribution >= 0.6 is 0 Å². The van der Waals surface area contributed by atoms with E-state index in [1.54, 1.807) is 0 Å². The van der Waals surface area contributed by atoms with Crippen molar-refractivity contribution in [2.45, 2.75) is 19.8 Å². The number of benzene rings is 1. The second-order valence-corrected chi connectivity index (χ2v) is 5.93. The van der Waals surface area contributed by atoms with Crippen LogP contribution in [-0.2, 0) is 9.53 Å². The molecular formula is C17H15F2N5O3. The van der Waals surface area contributed by atoms with E-state index in [-0.39, 0.29) is 17.2 Å². The topological polar surface area (TPSA) is 98.5 Å². The maximum atomic E-state index is 13.5. The molecule has 0 bridgehead atoms. The molecule has 3 rings (SSSR count). The number of ether oxygens (including phenoxy) is 1. The molecule has 10 heteroatoms. The summed E-state index contributed by atoms with van der Waals surface area (Å²) in [5.41, 5.74) is 0.316. The minimum Gasteiger partial charge on any atom is -0.452 e. The molecule has 1 aromatic carbocycles. The summed E-state index contributed by atoms with van der Waals surface area (Å²) in [5, 5.41) is 6.18. The van der Waals surface area contributed by atoms with Crippen molar-refractivity contribution in [2.75, 3.05) is 11.9 Å². The second-order valence-electron chi connectivity index (χ2n) is 5.93. The first-order valence-corrected chi connectivity index (χ1v) is 7.97. The van der Waals surface area contributed by atoms with Crippen LogP contribution in [0.3, 0.4) is 0 Å². The van der Waals surface area contributed by atoms with E-state index in [1.165, 1.54) is 17.0 Å². The van der Waals surface area contributed by atoms with Crippen LogP contribution in [0.1, 0.15) is 35.8 Å². The Morgan fingerprint density at radius 1 is 1.26 bits per heavy atom. The van der Waals surface area contributed by atoms with E-state index in [1.807, 2.05) is 13.8 Å². The molecule has 3 aromatic rings. The summed E-state index contributed by atoms with van der Waals surface area (Å²) in [6, 6.07) is 2.63. The largest absolute Gasteiger partial charge is 0.452 e. The smallest absolute Gasteiger partial charge is 0.342 e. The van der Waals surface area contributed by atoms with Crippen molar-refractivity contribution >= 4 is 23.3 Å². The van der Waals surface area contributed by atoms with Crippen molar-refractivity contribution in [3.8, 4) is 0 Å². The number of nitrogens with one attached hydrogen (secondary N) is 1. The maximum Gasteiger partial charge on any atom is 0.342 e. The van der Waals surface area contributed by atoms with Gasteiger partial charge in [0.15, 0.2) is 6.61 Å². The third-order valence-electron chi connectivity index (χ3n) is 3.65. The molecule has 1 amide bonds. The molecule has 0 saturated carbocycles. The predicted octanol–water partition coefficient (Wildman–Crippen LogP) is 2.32. The number of anilines is 1. The lowest BCUT2D eigenvalue weighted by Crippen LogP contribution is -2.23. The van der Waals surface area contributed by atoms with Gasteiger partial charge >= 0.3 is 5.97 Å². The molecule has 0 unspecified atom stereocenters. The third kappa shape index (κ3) is 3.89. The number of halogens is 2. The third-order valence-corrected chi connectivity index (χ3v) is 3.65. The van der Waals surface area contributed by atoms with Gasteiger partial charge in [0.1, 0.15) is 18.0 Å². The van der Waals surface area contributed by atoms with Crippen molar-refractivity contribution in [3.63, 3.8) is 0 Å². The minimum absolute atomic E-state index is 0.102. The molecule has 0 saturated heterocycles. The maximum absolute atomic E-state index is 13.5. The first-order valence-electron chi connectivity index (χ1n) is 7.97. The van der Waals surface area contributed by atoms with E-state index in [2.05, 4.69) is 20.4 Å². The molecule has 0 aliphatic heterocycles. The molecule has 0 aliphatic rings. The number of nitrogens with zero attached hydrogens (tertiary/aromatic N) is 4. The summed E-state index contributed by atoms with van der Waals surface area (Å²) in [6.45, 7) is 3.03. The average molecular weight is 375 g/mol. The first-order chi connectivity index (χ1) is 12.9. The lowest BCUT2D eigenvalue weighted by atomic mass is 10.1. The van der Waals surface area contributed by atoms with E-state index in [4.69, 9.17) is 4.74 Å². The Morgan fingerprint density at radius 3 is 2.78 bits per heavy atom. The number of aromatic nitrogens is 4. The van der Waals surface area contributed by atoms with Crippen LogP contribution in [0.2, 0.25) is 0 Å². The Labute approximate surface area is 152 Å². The zero-order valence-electron chi connectivity index (χ0n) is 14.4.